The van der Waals surface area contributed by atoms with Gasteiger partial charge in [-0.15, -0.1) is 0 Å². The summed E-state index contributed by atoms with van der Waals surface area (Å²) in [6, 6.07) is 9.22. The van der Waals surface area contributed by atoms with Crippen LogP contribution in [0.15, 0.2) is 30.3 Å². The first-order valence-electron chi connectivity index (χ1n) is 6.18. The predicted molar refractivity (Wildman–Crippen MR) is 70.7 cm³/mol. The normalized spacial score (nSPS) is 14.2. The zero-order valence-corrected chi connectivity index (χ0v) is 11.5. The summed E-state index contributed by atoms with van der Waals surface area (Å²) in [6.45, 7) is 4.53. The van der Waals surface area contributed by atoms with Crippen molar-refractivity contribution in [2.45, 2.75) is 33.1 Å². The summed E-state index contributed by atoms with van der Waals surface area (Å²) in [7, 11) is -2.97. The first-order chi connectivity index (χ1) is 8.20. The first kappa shape index (κ1) is 14.3. The van der Waals surface area contributed by atoms with Crippen LogP contribution in [0.1, 0.15) is 33.1 Å². The molecule has 1 aromatic rings. The molecule has 1 atom stereocenters. The summed E-state index contributed by atoms with van der Waals surface area (Å²) < 4.78 is 23.4. The predicted octanol–water partition coefficient (Wildman–Crippen LogP) is 4.49. The van der Waals surface area contributed by atoms with E-state index in [4.69, 9.17) is 9.05 Å². The quantitative estimate of drug-likeness (QED) is 0.643. The molecule has 96 valence electrons. The number of hydrogen-bond donors (Lipinski definition) is 0. The largest absolute Gasteiger partial charge is 0.424 e. The van der Waals surface area contributed by atoms with Gasteiger partial charge in [0, 0.05) is 0 Å². The van der Waals surface area contributed by atoms with Gasteiger partial charge >= 0.3 is 7.60 Å². The highest BCUT2D eigenvalue weighted by Gasteiger charge is 2.24. The molecule has 0 aliphatic heterocycles. The van der Waals surface area contributed by atoms with Gasteiger partial charge in [0.1, 0.15) is 5.75 Å². The SMILES string of the molecule is CCCCP(=O)(OCCC)Oc1ccccc1. The van der Waals surface area contributed by atoms with Crippen molar-refractivity contribution in [3.63, 3.8) is 0 Å². The summed E-state index contributed by atoms with van der Waals surface area (Å²) in [5, 5.41) is 0. The van der Waals surface area contributed by atoms with Gasteiger partial charge < -0.3 is 4.52 Å². The molecule has 0 amide bonds. The molecule has 0 aromatic heterocycles. The summed E-state index contributed by atoms with van der Waals surface area (Å²) in [6.07, 6.45) is 3.16. The fourth-order valence-electron chi connectivity index (χ4n) is 1.36. The third kappa shape index (κ3) is 5.38. The average molecular weight is 256 g/mol. The minimum Gasteiger partial charge on any atom is -0.424 e. The Balaban J connectivity index is 2.65. The van der Waals surface area contributed by atoms with Crippen molar-refractivity contribution in [2.75, 3.05) is 12.8 Å². The first-order valence-corrected chi connectivity index (χ1v) is 7.91. The van der Waals surface area contributed by atoms with Gasteiger partial charge in [0.05, 0.1) is 12.8 Å². The molecule has 0 fully saturated rings. The molecule has 0 saturated heterocycles. The lowest BCUT2D eigenvalue weighted by molar-refractivity contribution is 0.264. The molecular formula is C13H21O3P. The molecule has 3 nitrogen and oxygen atoms in total. The van der Waals surface area contributed by atoms with Gasteiger partial charge in [-0.05, 0) is 25.0 Å². The van der Waals surface area contributed by atoms with Crippen molar-refractivity contribution in [2.24, 2.45) is 0 Å². The maximum absolute atomic E-state index is 12.5. The summed E-state index contributed by atoms with van der Waals surface area (Å²) in [5.74, 6) is 0.614. The van der Waals surface area contributed by atoms with Crippen LogP contribution in [0.5, 0.6) is 5.75 Å². The van der Waals surface area contributed by atoms with Crippen LogP contribution in [-0.4, -0.2) is 12.8 Å². The third-order valence-corrected chi connectivity index (χ3v) is 4.19. The Bertz CT molecular complexity index is 339. The Hall–Kier alpha value is -0.790. The fourth-order valence-corrected chi connectivity index (χ4v) is 3.24. The Kier molecular flexibility index (Phi) is 6.31. The number of hydrogen-bond acceptors (Lipinski definition) is 3. The molecule has 1 aromatic carbocycles. The zero-order valence-electron chi connectivity index (χ0n) is 10.6. The Morgan fingerprint density at radius 3 is 2.41 bits per heavy atom. The van der Waals surface area contributed by atoms with E-state index in [9.17, 15) is 4.57 Å². The maximum Gasteiger partial charge on any atom is 0.379 e. The van der Waals surface area contributed by atoms with Crippen LogP contribution in [0.4, 0.5) is 0 Å². The molecule has 0 aliphatic carbocycles. The molecule has 0 heterocycles. The Morgan fingerprint density at radius 1 is 1.12 bits per heavy atom. The highest BCUT2D eigenvalue weighted by atomic mass is 31.2. The molecule has 4 heteroatoms. The molecule has 0 saturated carbocycles. The summed E-state index contributed by atoms with van der Waals surface area (Å²) >= 11 is 0. The van der Waals surface area contributed by atoms with Gasteiger partial charge in [0.2, 0.25) is 0 Å². The van der Waals surface area contributed by atoms with E-state index in [0.29, 0.717) is 18.5 Å². The van der Waals surface area contributed by atoms with Crippen LogP contribution in [0, 0.1) is 0 Å². The van der Waals surface area contributed by atoms with E-state index < -0.39 is 7.60 Å². The van der Waals surface area contributed by atoms with Gasteiger partial charge in [0.25, 0.3) is 0 Å². The van der Waals surface area contributed by atoms with E-state index in [2.05, 4.69) is 6.92 Å². The van der Waals surface area contributed by atoms with Gasteiger partial charge in [0.15, 0.2) is 0 Å². The van der Waals surface area contributed by atoms with Crippen molar-refractivity contribution in [3.05, 3.63) is 30.3 Å². The van der Waals surface area contributed by atoms with Crippen molar-refractivity contribution in [1.29, 1.82) is 0 Å². The number of benzene rings is 1. The topological polar surface area (TPSA) is 35.5 Å². The molecule has 0 radical (unpaired) electrons. The van der Waals surface area contributed by atoms with Crippen LogP contribution in [0.2, 0.25) is 0 Å². The van der Waals surface area contributed by atoms with Gasteiger partial charge in [-0.25, -0.2) is 4.57 Å². The molecule has 17 heavy (non-hydrogen) atoms. The third-order valence-electron chi connectivity index (χ3n) is 2.27. The molecule has 1 rings (SSSR count). The lowest BCUT2D eigenvalue weighted by Gasteiger charge is -2.18. The summed E-state index contributed by atoms with van der Waals surface area (Å²) in [4.78, 5) is 0. The van der Waals surface area contributed by atoms with Gasteiger partial charge in [-0.2, -0.15) is 0 Å². The summed E-state index contributed by atoms with van der Waals surface area (Å²) in [5.41, 5.74) is 0. The van der Waals surface area contributed by atoms with E-state index >= 15 is 0 Å². The van der Waals surface area contributed by atoms with Gasteiger partial charge in [-0.1, -0.05) is 38.5 Å². The van der Waals surface area contributed by atoms with Crippen LogP contribution >= 0.6 is 7.60 Å². The van der Waals surface area contributed by atoms with Crippen LogP contribution in [0.3, 0.4) is 0 Å². The number of para-hydroxylation sites is 1. The van der Waals surface area contributed by atoms with Gasteiger partial charge in [-0.3, -0.25) is 4.52 Å². The fraction of sp³-hybridized carbons (Fsp3) is 0.538. The van der Waals surface area contributed by atoms with Crippen molar-refractivity contribution in [1.82, 2.24) is 0 Å². The van der Waals surface area contributed by atoms with E-state index in [0.717, 1.165) is 19.3 Å². The molecule has 0 aliphatic rings. The maximum atomic E-state index is 12.5. The highest BCUT2D eigenvalue weighted by Crippen LogP contribution is 2.49. The molecule has 0 spiro atoms. The Labute approximate surface area is 104 Å². The molecular weight excluding hydrogens is 235 g/mol. The second-order valence-corrected chi connectivity index (χ2v) is 6.04. The van der Waals surface area contributed by atoms with Crippen molar-refractivity contribution < 1.29 is 13.6 Å². The average Bonchev–Trinajstić information content (AvgIpc) is 2.35. The highest BCUT2D eigenvalue weighted by molar-refractivity contribution is 7.54. The molecule has 0 N–H and O–H groups in total. The standard InChI is InChI=1S/C13H21O3P/c1-3-5-12-17(14,15-11-4-2)16-13-9-7-6-8-10-13/h6-10H,3-5,11-12H2,1-2H3. The minimum absolute atomic E-state index is 0.480. The van der Waals surface area contributed by atoms with Crippen molar-refractivity contribution >= 4 is 7.60 Å². The lowest BCUT2D eigenvalue weighted by atomic mass is 10.3. The number of unbranched alkanes of at least 4 members (excludes halogenated alkanes) is 1. The Morgan fingerprint density at radius 2 is 1.82 bits per heavy atom. The van der Waals surface area contributed by atoms with E-state index in [-0.39, 0.29) is 0 Å². The molecule has 0 bridgehead atoms. The van der Waals surface area contributed by atoms with E-state index in [1.807, 2.05) is 25.1 Å². The monoisotopic (exact) mass is 256 g/mol. The number of rotatable bonds is 8. The van der Waals surface area contributed by atoms with E-state index in [1.165, 1.54) is 0 Å². The molecule has 1 unspecified atom stereocenters. The second kappa shape index (κ2) is 7.52. The van der Waals surface area contributed by atoms with E-state index in [1.54, 1.807) is 12.1 Å². The minimum atomic E-state index is -2.97. The lowest BCUT2D eigenvalue weighted by Crippen LogP contribution is -2.03. The van der Waals surface area contributed by atoms with Crippen molar-refractivity contribution in [3.8, 4) is 5.75 Å². The van der Waals surface area contributed by atoms with Crippen LogP contribution in [-0.2, 0) is 9.09 Å². The smallest absolute Gasteiger partial charge is 0.379 e. The van der Waals surface area contributed by atoms with Crippen LogP contribution in [0.25, 0.3) is 0 Å². The zero-order chi connectivity index (χ0) is 12.6. The van der Waals surface area contributed by atoms with Crippen LogP contribution < -0.4 is 4.52 Å². The second-order valence-electron chi connectivity index (χ2n) is 3.93.